The molecule has 0 aromatic heterocycles. The van der Waals surface area contributed by atoms with Gasteiger partial charge in [0, 0.05) is 14.5 Å². The standard InChI is InChI=1S/C7H3Br2ClF2/c8-4-1-3(7(11)12)6(10)2-5(4)9/h1-2,7H. The first-order valence-electron chi connectivity index (χ1n) is 2.95. The Balaban J connectivity index is 3.23. The Kier molecular flexibility index (Phi) is 3.49. The average molecular weight is 320 g/mol. The minimum Gasteiger partial charge on any atom is -0.205 e. The van der Waals surface area contributed by atoms with Crippen LogP contribution in [0.15, 0.2) is 21.1 Å². The van der Waals surface area contributed by atoms with Crippen molar-refractivity contribution in [3.8, 4) is 0 Å². The van der Waals surface area contributed by atoms with Crippen LogP contribution in [0.2, 0.25) is 5.02 Å². The highest BCUT2D eigenvalue weighted by atomic mass is 79.9. The van der Waals surface area contributed by atoms with Crippen LogP contribution in [0.3, 0.4) is 0 Å². The molecule has 0 bridgehead atoms. The van der Waals surface area contributed by atoms with Crippen molar-refractivity contribution in [2.45, 2.75) is 6.43 Å². The lowest BCUT2D eigenvalue weighted by molar-refractivity contribution is 0.151. The topological polar surface area (TPSA) is 0 Å². The first-order chi connectivity index (χ1) is 5.52. The molecule has 0 aliphatic carbocycles. The first-order valence-corrected chi connectivity index (χ1v) is 4.91. The zero-order chi connectivity index (χ0) is 9.30. The second kappa shape index (κ2) is 4.03. The Morgan fingerprint density at radius 1 is 1.17 bits per heavy atom. The fraction of sp³-hybridized carbons (Fsp3) is 0.143. The van der Waals surface area contributed by atoms with Crippen molar-refractivity contribution >= 4 is 43.5 Å². The second-order valence-electron chi connectivity index (χ2n) is 2.09. The summed E-state index contributed by atoms with van der Waals surface area (Å²) in [5, 5.41) is 0.0695. The fourth-order valence-corrected chi connectivity index (χ4v) is 1.79. The van der Waals surface area contributed by atoms with E-state index >= 15 is 0 Å². The molecule has 0 unspecified atom stereocenters. The van der Waals surface area contributed by atoms with Gasteiger partial charge in [0.15, 0.2) is 0 Å². The third kappa shape index (κ3) is 2.18. The first kappa shape index (κ1) is 10.4. The molecule has 1 aromatic rings. The maximum absolute atomic E-state index is 12.2. The van der Waals surface area contributed by atoms with Crippen LogP contribution in [-0.4, -0.2) is 0 Å². The van der Waals surface area contributed by atoms with Crippen LogP contribution in [0.4, 0.5) is 8.78 Å². The summed E-state index contributed by atoms with van der Waals surface area (Å²) >= 11 is 11.8. The molecule has 0 saturated carbocycles. The SMILES string of the molecule is FC(F)c1cc(Br)c(Br)cc1Cl. The van der Waals surface area contributed by atoms with Gasteiger partial charge in [-0.3, -0.25) is 0 Å². The summed E-state index contributed by atoms with van der Waals surface area (Å²) in [5.74, 6) is 0. The Labute approximate surface area is 90.2 Å². The lowest BCUT2D eigenvalue weighted by Gasteiger charge is -2.04. The van der Waals surface area contributed by atoms with Gasteiger partial charge in [0.2, 0.25) is 0 Å². The van der Waals surface area contributed by atoms with Gasteiger partial charge in [-0.15, -0.1) is 0 Å². The highest BCUT2D eigenvalue weighted by Crippen LogP contribution is 2.34. The average Bonchev–Trinajstić information content (AvgIpc) is 1.96. The molecular weight excluding hydrogens is 317 g/mol. The van der Waals surface area contributed by atoms with Crippen LogP contribution < -0.4 is 0 Å². The van der Waals surface area contributed by atoms with E-state index in [0.717, 1.165) is 0 Å². The van der Waals surface area contributed by atoms with E-state index in [2.05, 4.69) is 31.9 Å². The largest absolute Gasteiger partial charge is 0.265 e. The third-order valence-corrected chi connectivity index (χ3v) is 3.45. The van der Waals surface area contributed by atoms with E-state index in [1.807, 2.05) is 0 Å². The van der Waals surface area contributed by atoms with Crippen LogP contribution in [-0.2, 0) is 0 Å². The van der Waals surface area contributed by atoms with E-state index in [1.165, 1.54) is 12.1 Å². The van der Waals surface area contributed by atoms with E-state index in [9.17, 15) is 8.78 Å². The molecule has 0 aliphatic rings. The molecule has 5 heteroatoms. The van der Waals surface area contributed by atoms with E-state index in [1.54, 1.807) is 0 Å². The molecule has 0 atom stereocenters. The van der Waals surface area contributed by atoms with Gasteiger partial charge in [-0.2, -0.15) is 0 Å². The van der Waals surface area contributed by atoms with E-state index < -0.39 is 6.43 Å². The summed E-state index contributed by atoms with van der Waals surface area (Å²) in [6.45, 7) is 0. The zero-order valence-electron chi connectivity index (χ0n) is 5.62. The van der Waals surface area contributed by atoms with Crippen molar-refractivity contribution in [3.63, 3.8) is 0 Å². The highest BCUT2D eigenvalue weighted by Gasteiger charge is 2.13. The molecule has 0 nitrogen and oxygen atoms in total. The highest BCUT2D eigenvalue weighted by molar-refractivity contribution is 9.13. The lowest BCUT2D eigenvalue weighted by Crippen LogP contribution is -1.86. The van der Waals surface area contributed by atoms with Crippen LogP contribution in [0.1, 0.15) is 12.0 Å². The van der Waals surface area contributed by atoms with Crippen molar-refractivity contribution in [2.24, 2.45) is 0 Å². The van der Waals surface area contributed by atoms with Gasteiger partial charge < -0.3 is 0 Å². The molecule has 0 radical (unpaired) electrons. The number of hydrogen-bond acceptors (Lipinski definition) is 0. The van der Waals surface area contributed by atoms with Crippen molar-refractivity contribution in [2.75, 3.05) is 0 Å². The number of benzene rings is 1. The summed E-state index contributed by atoms with van der Waals surface area (Å²) in [6.07, 6.45) is -2.54. The molecule has 0 spiro atoms. The quantitative estimate of drug-likeness (QED) is 0.652. The van der Waals surface area contributed by atoms with E-state index in [0.29, 0.717) is 8.95 Å². The third-order valence-electron chi connectivity index (χ3n) is 1.27. The Hall–Kier alpha value is 0.330. The second-order valence-corrected chi connectivity index (χ2v) is 4.20. The molecule has 0 fully saturated rings. The summed E-state index contributed by atoms with van der Waals surface area (Å²) in [6, 6.07) is 2.74. The molecule has 66 valence electrons. The van der Waals surface area contributed by atoms with Gasteiger partial charge in [0.25, 0.3) is 6.43 Å². The fourth-order valence-electron chi connectivity index (χ4n) is 0.705. The summed E-state index contributed by atoms with van der Waals surface area (Å²) in [7, 11) is 0. The predicted molar refractivity (Wildman–Crippen MR) is 51.8 cm³/mol. The molecule has 0 aliphatic heterocycles. The summed E-state index contributed by atoms with van der Waals surface area (Å²) < 4.78 is 25.7. The minimum atomic E-state index is -2.54. The number of alkyl halides is 2. The number of hydrogen-bond donors (Lipinski definition) is 0. The molecular formula is C7H3Br2ClF2. The van der Waals surface area contributed by atoms with Crippen LogP contribution >= 0.6 is 43.5 Å². The summed E-state index contributed by atoms with van der Waals surface area (Å²) in [4.78, 5) is 0. The van der Waals surface area contributed by atoms with Gasteiger partial charge in [0.1, 0.15) is 0 Å². The van der Waals surface area contributed by atoms with Gasteiger partial charge in [-0.05, 0) is 44.0 Å². The lowest BCUT2D eigenvalue weighted by atomic mass is 10.2. The Bertz CT molecular complexity index is 302. The van der Waals surface area contributed by atoms with Gasteiger partial charge in [-0.25, -0.2) is 8.78 Å². The van der Waals surface area contributed by atoms with E-state index in [4.69, 9.17) is 11.6 Å². The predicted octanol–water partition coefficient (Wildman–Crippen LogP) is 4.80. The monoisotopic (exact) mass is 318 g/mol. The van der Waals surface area contributed by atoms with Gasteiger partial charge in [-0.1, -0.05) is 11.6 Å². The van der Waals surface area contributed by atoms with Gasteiger partial charge in [0.05, 0.1) is 5.02 Å². The number of rotatable bonds is 1. The van der Waals surface area contributed by atoms with Crippen molar-refractivity contribution in [1.82, 2.24) is 0 Å². The maximum Gasteiger partial charge on any atom is 0.265 e. The van der Waals surface area contributed by atoms with Crippen LogP contribution in [0, 0.1) is 0 Å². The molecule has 0 saturated heterocycles. The van der Waals surface area contributed by atoms with Crippen LogP contribution in [0.25, 0.3) is 0 Å². The van der Waals surface area contributed by atoms with Crippen molar-refractivity contribution in [3.05, 3.63) is 31.7 Å². The molecule has 0 amide bonds. The molecule has 0 N–H and O–H groups in total. The zero-order valence-corrected chi connectivity index (χ0v) is 9.55. The van der Waals surface area contributed by atoms with Crippen molar-refractivity contribution < 1.29 is 8.78 Å². The Morgan fingerprint density at radius 2 is 1.67 bits per heavy atom. The van der Waals surface area contributed by atoms with Crippen molar-refractivity contribution in [1.29, 1.82) is 0 Å². The maximum atomic E-state index is 12.2. The number of halogens is 5. The molecule has 0 heterocycles. The van der Waals surface area contributed by atoms with Crippen LogP contribution in [0.5, 0.6) is 0 Å². The molecule has 12 heavy (non-hydrogen) atoms. The van der Waals surface area contributed by atoms with Gasteiger partial charge >= 0.3 is 0 Å². The minimum absolute atomic E-state index is 0.0695. The normalized spacial score (nSPS) is 10.8. The summed E-state index contributed by atoms with van der Waals surface area (Å²) in [5.41, 5.74) is -0.160. The molecule has 1 rings (SSSR count). The molecule has 1 aromatic carbocycles. The Morgan fingerprint density at radius 3 is 2.17 bits per heavy atom. The smallest absolute Gasteiger partial charge is 0.205 e. The van der Waals surface area contributed by atoms with E-state index in [-0.39, 0.29) is 10.6 Å².